The SMILES string of the molecule is COc1ccc(C(=O)c2cc(C)cc(N3CCOCC3)c2)cc1. The molecule has 0 radical (unpaired) electrons. The van der Waals surface area contributed by atoms with Crippen LogP contribution in [0.2, 0.25) is 0 Å². The summed E-state index contributed by atoms with van der Waals surface area (Å²) in [7, 11) is 1.62. The predicted octanol–water partition coefficient (Wildman–Crippen LogP) is 3.07. The summed E-state index contributed by atoms with van der Waals surface area (Å²) in [4.78, 5) is 15.0. The fourth-order valence-corrected chi connectivity index (χ4v) is 2.81. The molecule has 4 nitrogen and oxygen atoms in total. The van der Waals surface area contributed by atoms with Crippen molar-refractivity contribution in [2.45, 2.75) is 6.92 Å². The summed E-state index contributed by atoms with van der Waals surface area (Å²) in [6.07, 6.45) is 0. The highest BCUT2D eigenvalue weighted by Gasteiger charge is 2.15. The molecule has 0 atom stereocenters. The Morgan fingerprint density at radius 3 is 2.39 bits per heavy atom. The fraction of sp³-hybridized carbons (Fsp3) is 0.316. The maximum absolute atomic E-state index is 12.7. The molecule has 120 valence electrons. The summed E-state index contributed by atoms with van der Waals surface area (Å²) in [6, 6.07) is 13.3. The molecule has 0 aromatic heterocycles. The van der Waals surface area contributed by atoms with E-state index in [0.29, 0.717) is 5.56 Å². The third kappa shape index (κ3) is 3.54. The molecular formula is C19H21NO3. The lowest BCUT2D eigenvalue weighted by molar-refractivity contribution is 0.103. The Morgan fingerprint density at radius 2 is 1.74 bits per heavy atom. The third-order valence-electron chi connectivity index (χ3n) is 4.05. The molecule has 1 fully saturated rings. The summed E-state index contributed by atoms with van der Waals surface area (Å²) < 4.78 is 10.5. The van der Waals surface area contributed by atoms with E-state index in [1.165, 1.54) is 0 Å². The van der Waals surface area contributed by atoms with Crippen molar-refractivity contribution in [3.63, 3.8) is 0 Å². The zero-order chi connectivity index (χ0) is 16.2. The Hall–Kier alpha value is -2.33. The fourth-order valence-electron chi connectivity index (χ4n) is 2.81. The molecule has 0 N–H and O–H groups in total. The van der Waals surface area contributed by atoms with E-state index in [1.54, 1.807) is 19.2 Å². The Kier molecular flexibility index (Phi) is 4.63. The molecule has 1 saturated heterocycles. The van der Waals surface area contributed by atoms with Gasteiger partial charge >= 0.3 is 0 Å². The minimum atomic E-state index is 0.0332. The predicted molar refractivity (Wildman–Crippen MR) is 90.6 cm³/mol. The summed E-state index contributed by atoms with van der Waals surface area (Å²) in [5.74, 6) is 0.783. The van der Waals surface area contributed by atoms with Gasteiger partial charge in [-0.15, -0.1) is 0 Å². The van der Waals surface area contributed by atoms with Crippen LogP contribution in [-0.2, 0) is 4.74 Å². The number of nitrogens with zero attached hydrogens (tertiary/aromatic N) is 1. The van der Waals surface area contributed by atoms with Crippen LogP contribution in [0.3, 0.4) is 0 Å². The normalized spacial score (nSPS) is 14.6. The van der Waals surface area contributed by atoms with Crippen LogP contribution in [-0.4, -0.2) is 39.2 Å². The summed E-state index contributed by atoms with van der Waals surface area (Å²) >= 11 is 0. The average molecular weight is 311 g/mol. The van der Waals surface area contributed by atoms with Crippen molar-refractivity contribution in [3.05, 3.63) is 59.2 Å². The number of carbonyl (C=O) groups is 1. The number of benzene rings is 2. The van der Waals surface area contributed by atoms with Gasteiger partial charge in [0.05, 0.1) is 20.3 Å². The van der Waals surface area contributed by atoms with Gasteiger partial charge in [-0.25, -0.2) is 0 Å². The lowest BCUT2D eigenvalue weighted by atomic mass is 10.0. The number of ether oxygens (including phenoxy) is 2. The van der Waals surface area contributed by atoms with Crippen LogP contribution in [0.5, 0.6) is 5.75 Å². The summed E-state index contributed by atoms with van der Waals surface area (Å²) in [6.45, 7) is 5.21. The molecular weight excluding hydrogens is 290 g/mol. The third-order valence-corrected chi connectivity index (χ3v) is 4.05. The van der Waals surface area contributed by atoms with Crippen LogP contribution in [0.15, 0.2) is 42.5 Å². The molecule has 1 heterocycles. The first-order chi connectivity index (χ1) is 11.2. The molecule has 0 bridgehead atoms. The maximum Gasteiger partial charge on any atom is 0.193 e. The second-order valence-corrected chi connectivity index (χ2v) is 5.71. The van der Waals surface area contributed by atoms with Crippen molar-refractivity contribution in [1.82, 2.24) is 0 Å². The number of anilines is 1. The number of carbonyl (C=O) groups excluding carboxylic acids is 1. The minimum absolute atomic E-state index is 0.0332. The molecule has 1 aliphatic heterocycles. The van der Waals surface area contributed by atoms with Gasteiger partial charge in [0.25, 0.3) is 0 Å². The molecule has 4 heteroatoms. The number of aryl methyl sites for hydroxylation is 1. The number of morpholine rings is 1. The van der Waals surface area contributed by atoms with E-state index in [9.17, 15) is 4.79 Å². The molecule has 0 aliphatic carbocycles. The van der Waals surface area contributed by atoms with Crippen LogP contribution in [0.4, 0.5) is 5.69 Å². The van der Waals surface area contributed by atoms with Crippen molar-refractivity contribution in [3.8, 4) is 5.75 Å². The van der Waals surface area contributed by atoms with Gasteiger partial charge in [-0.1, -0.05) is 0 Å². The van der Waals surface area contributed by atoms with Gasteiger partial charge in [0.1, 0.15) is 5.75 Å². The highest BCUT2D eigenvalue weighted by molar-refractivity contribution is 6.09. The van der Waals surface area contributed by atoms with Crippen LogP contribution in [0, 0.1) is 6.92 Å². The Morgan fingerprint density at radius 1 is 1.04 bits per heavy atom. The Balaban J connectivity index is 1.88. The largest absolute Gasteiger partial charge is 0.497 e. The van der Waals surface area contributed by atoms with Crippen molar-refractivity contribution in [1.29, 1.82) is 0 Å². The van der Waals surface area contributed by atoms with Gasteiger partial charge in [0, 0.05) is 29.9 Å². The zero-order valence-electron chi connectivity index (χ0n) is 13.5. The highest BCUT2D eigenvalue weighted by atomic mass is 16.5. The number of ketones is 1. The van der Waals surface area contributed by atoms with Crippen LogP contribution in [0.25, 0.3) is 0 Å². The van der Waals surface area contributed by atoms with Gasteiger partial charge < -0.3 is 14.4 Å². The number of rotatable bonds is 4. The summed E-state index contributed by atoms with van der Waals surface area (Å²) in [5.41, 5.74) is 3.57. The van der Waals surface area contributed by atoms with Crippen molar-refractivity contribution in [2.75, 3.05) is 38.3 Å². The van der Waals surface area contributed by atoms with Crippen molar-refractivity contribution >= 4 is 11.5 Å². The lowest BCUT2D eigenvalue weighted by Crippen LogP contribution is -2.36. The van der Waals surface area contributed by atoms with E-state index in [0.717, 1.165) is 48.9 Å². The van der Waals surface area contributed by atoms with Crippen molar-refractivity contribution < 1.29 is 14.3 Å². The first kappa shape index (κ1) is 15.6. The topological polar surface area (TPSA) is 38.8 Å². The van der Waals surface area contributed by atoms with Gasteiger partial charge in [-0.3, -0.25) is 4.79 Å². The Labute approximate surface area is 136 Å². The zero-order valence-corrected chi connectivity index (χ0v) is 13.5. The average Bonchev–Trinajstić information content (AvgIpc) is 2.61. The van der Waals surface area contributed by atoms with E-state index in [-0.39, 0.29) is 5.78 Å². The second-order valence-electron chi connectivity index (χ2n) is 5.71. The first-order valence-corrected chi connectivity index (χ1v) is 7.80. The first-order valence-electron chi connectivity index (χ1n) is 7.80. The van der Waals surface area contributed by atoms with E-state index >= 15 is 0 Å². The molecule has 2 aromatic carbocycles. The molecule has 0 amide bonds. The van der Waals surface area contributed by atoms with Crippen molar-refractivity contribution in [2.24, 2.45) is 0 Å². The van der Waals surface area contributed by atoms with Crippen LogP contribution in [0.1, 0.15) is 21.5 Å². The highest BCUT2D eigenvalue weighted by Crippen LogP contribution is 2.23. The van der Waals surface area contributed by atoms with Crippen LogP contribution >= 0.6 is 0 Å². The molecule has 0 spiro atoms. The molecule has 0 unspecified atom stereocenters. The smallest absolute Gasteiger partial charge is 0.193 e. The summed E-state index contributed by atoms with van der Waals surface area (Å²) in [5, 5.41) is 0. The number of hydrogen-bond acceptors (Lipinski definition) is 4. The number of methoxy groups -OCH3 is 1. The molecule has 2 aromatic rings. The molecule has 3 rings (SSSR count). The minimum Gasteiger partial charge on any atom is -0.497 e. The Bertz CT molecular complexity index is 688. The van der Waals surface area contributed by atoms with E-state index in [4.69, 9.17) is 9.47 Å². The molecule has 23 heavy (non-hydrogen) atoms. The van der Waals surface area contributed by atoms with E-state index in [2.05, 4.69) is 11.0 Å². The second kappa shape index (κ2) is 6.84. The molecule has 0 saturated carbocycles. The van der Waals surface area contributed by atoms with Crippen LogP contribution < -0.4 is 9.64 Å². The lowest BCUT2D eigenvalue weighted by Gasteiger charge is -2.29. The maximum atomic E-state index is 12.7. The monoisotopic (exact) mass is 311 g/mol. The standard InChI is InChI=1S/C19H21NO3/c1-14-11-16(13-17(12-14)20-7-9-23-10-8-20)19(21)15-3-5-18(22-2)6-4-15/h3-6,11-13H,7-10H2,1-2H3. The molecule has 1 aliphatic rings. The van der Waals surface area contributed by atoms with Gasteiger partial charge in [0.2, 0.25) is 0 Å². The van der Waals surface area contributed by atoms with E-state index in [1.807, 2.05) is 31.2 Å². The van der Waals surface area contributed by atoms with Gasteiger partial charge in [-0.05, 0) is 55.0 Å². The van der Waals surface area contributed by atoms with Gasteiger partial charge in [-0.2, -0.15) is 0 Å². The quantitative estimate of drug-likeness (QED) is 0.814. The number of hydrogen-bond donors (Lipinski definition) is 0. The van der Waals surface area contributed by atoms with Gasteiger partial charge in [0.15, 0.2) is 5.78 Å². The van der Waals surface area contributed by atoms with E-state index < -0.39 is 0 Å².